The van der Waals surface area contributed by atoms with Crippen molar-refractivity contribution in [3.8, 4) is 11.1 Å². The summed E-state index contributed by atoms with van der Waals surface area (Å²) >= 11 is 0. The van der Waals surface area contributed by atoms with Crippen LogP contribution in [0.2, 0.25) is 0 Å². The molecule has 0 heterocycles. The predicted octanol–water partition coefficient (Wildman–Crippen LogP) is 1.99. The van der Waals surface area contributed by atoms with E-state index in [1.165, 1.54) is 23.8 Å². The number of benzene rings is 2. The number of ether oxygens (including phenoxy) is 1. The highest BCUT2D eigenvalue weighted by Gasteiger charge is 2.11. The quantitative estimate of drug-likeness (QED) is 0.821. The van der Waals surface area contributed by atoms with Crippen LogP contribution in [0.15, 0.2) is 54.6 Å². The maximum atomic E-state index is 11.7. The highest BCUT2D eigenvalue weighted by atomic mass is 16.5. The Hall–Kier alpha value is -2.17. The molecule has 0 aliphatic heterocycles. The van der Waals surface area contributed by atoms with Crippen molar-refractivity contribution in [1.29, 1.82) is 0 Å². The lowest BCUT2D eigenvalue weighted by molar-refractivity contribution is -0.123. The molecule has 0 aliphatic rings. The smallest absolute Gasteiger partial charge is 0.239 e. The molecule has 0 fully saturated rings. The third-order valence-corrected chi connectivity index (χ3v) is 3.43. The van der Waals surface area contributed by atoms with Crippen LogP contribution < -0.4 is 11.1 Å². The summed E-state index contributed by atoms with van der Waals surface area (Å²) in [7, 11) is 1.53. The van der Waals surface area contributed by atoms with Crippen LogP contribution in [0.4, 0.5) is 0 Å². The molecule has 0 aliphatic carbocycles. The third-order valence-electron chi connectivity index (χ3n) is 3.43. The molecular formula is C18H22N2O2. The van der Waals surface area contributed by atoms with E-state index in [0.29, 0.717) is 6.54 Å². The van der Waals surface area contributed by atoms with Crippen LogP contribution in [0.25, 0.3) is 11.1 Å². The van der Waals surface area contributed by atoms with Gasteiger partial charge in [-0.3, -0.25) is 4.79 Å². The lowest BCUT2D eigenvalue weighted by Crippen LogP contribution is -2.44. The molecule has 4 nitrogen and oxygen atoms in total. The number of hydrogen-bond acceptors (Lipinski definition) is 3. The van der Waals surface area contributed by atoms with E-state index in [4.69, 9.17) is 10.5 Å². The summed E-state index contributed by atoms with van der Waals surface area (Å²) in [5.41, 5.74) is 9.22. The van der Waals surface area contributed by atoms with Gasteiger partial charge in [0.05, 0.1) is 6.61 Å². The second kappa shape index (κ2) is 8.32. The van der Waals surface area contributed by atoms with Crippen molar-refractivity contribution in [2.24, 2.45) is 5.73 Å². The lowest BCUT2D eigenvalue weighted by atomic mass is 10.0. The van der Waals surface area contributed by atoms with Gasteiger partial charge < -0.3 is 15.8 Å². The first-order valence-corrected chi connectivity index (χ1v) is 7.37. The second-order valence-electron chi connectivity index (χ2n) is 5.17. The third kappa shape index (κ3) is 4.69. The van der Waals surface area contributed by atoms with Crippen molar-refractivity contribution < 1.29 is 9.53 Å². The van der Waals surface area contributed by atoms with Crippen molar-refractivity contribution >= 4 is 5.91 Å². The molecule has 1 unspecified atom stereocenters. The van der Waals surface area contributed by atoms with Crippen LogP contribution in [0.1, 0.15) is 5.56 Å². The Labute approximate surface area is 131 Å². The lowest BCUT2D eigenvalue weighted by Gasteiger charge is -2.11. The highest BCUT2D eigenvalue weighted by molar-refractivity contribution is 5.81. The summed E-state index contributed by atoms with van der Waals surface area (Å²) in [6.45, 7) is 0.795. The minimum Gasteiger partial charge on any atom is -0.383 e. The van der Waals surface area contributed by atoms with Gasteiger partial charge in [-0.05, 0) is 23.1 Å². The maximum absolute atomic E-state index is 11.7. The van der Waals surface area contributed by atoms with Crippen LogP contribution in [0, 0.1) is 0 Å². The normalized spacial score (nSPS) is 11.9. The summed E-state index contributed by atoms with van der Waals surface area (Å²) < 4.78 is 4.87. The van der Waals surface area contributed by atoms with Crippen molar-refractivity contribution in [2.45, 2.75) is 12.5 Å². The molecule has 1 atom stereocenters. The monoisotopic (exact) mass is 298 g/mol. The van der Waals surface area contributed by atoms with E-state index in [9.17, 15) is 4.79 Å². The predicted molar refractivity (Wildman–Crippen MR) is 88.4 cm³/mol. The van der Waals surface area contributed by atoms with Gasteiger partial charge in [0.25, 0.3) is 0 Å². The van der Waals surface area contributed by atoms with Crippen LogP contribution in [0.5, 0.6) is 0 Å². The molecule has 3 N–H and O–H groups in total. The summed E-state index contributed by atoms with van der Waals surface area (Å²) in [5.74, 6) is -0.180. The van der Waals surface area contributed by atoms with E-state index in [-0.39, 0.29) is 12.5 Å². The first-order valence-electron chi connectivity index (χ1n) is 7.37. The fraction of sp³-hybridized carbons (Fsp3) is 0.278. The molecule has 1 amide bonds. The number of nitrogens with two attached hydrogens (primary N) is 1. The standard InChI is InChI=1S/C18H22N2O2/c1-22-13-17(19)18(21)20-11-10-14-6-5-9-16(12-14)15-7-3-2-4-8-15/h2-9,12,17H,10-11,13,19H2,1H3,(H,20,21). The Morgan fingerprint density at radius 2 is 1.86 bits per heavy atom. The van der Waals surface area contributed by atoms with Crippen molar-refractivity contribution in [2.75, 3.05) is 20.3 Å². The molecule has 0 radical (unpaired) electrons. The van der Waals surface area contributed by atoms with Gasteiger partial charge in [-0.2, -0.15) is 0 Å². The first-order chi connectivity index (χ1) is 10.7. The number of rotatable bonds is 7. The Bertz CT molecular complexity index is 599. The molecule has 2 rings (SSSR count). The van der Waals surface area contributed by atoms with Crippen LogP contribution in [-0.4, -0.2) is 32.2 Å². The Morgan fingerprint density at radius 3 is 2.59 bits per heavy atom. The minimum absolute atomic E-state index is 0.180. The van der Waals surface area contributed by atoms with Crippen LogP contribution in [-0.2, 0) is 16.0 Å². The molecule has 0 aromatic heterocycles. The number of carbonyl (C=O) groups is 1. The Balaban J connectivity index is 1.90. The van der Waals surface area contributed by atoms with Gasteiger partial charge in [-0.15, -0.1) is 0 Å². The number of amides is 1. The first kappa shape index (κ1) is 16.2. The molecule has 0 bridgehead atoms. The zero-order chi connectivity index (χ0) is 15.8. The van der Waals surface area contributed by atoms with E-state index in [1.807, 2.05) is 24.3 Å². The van der Waals surface area contributed by atoms with Gasteiger partial charge in [-0.1, -0.05) is 54.6 Å². The molecule has 0 saturated heterocycles. The van der Waals surface area contributed by atoms with Crippen LogP contribution >= 0.6 is 0 Å². The highest BCUT2D eigenvalue weighted by Crippen LogP contribution is 2.20. The largest absolute Gasteiger partial charge is 0.383 e. The number of methoxy groups -OCH3 is 1. The van der Waals surface area contributed by atoms with Gasteiger partial charge in [0.1, 0.15) is 6.04 Å². The average Bonchev–Trinajstić information content (AvgIpc) is 2.56. The van der Waals surface area contributed by atoms with Crippen molar-refractivity contribution in [3.05, 3.63) is 60.2 Å². The average molecular weight is 298 g/mol. The fourth-order valence-corrected chi connectivity index (χ4v) is 2.25. The molecule has 22 heavy (non-hydrogen) atoms. The molecule has 4 heteroatoms. The SMILES string of the molecule is COCC(N)C(=O)NCCc1cccc(-c2ccccc2)c1. The van der Waals surface area contributed by atoms with E-state index < -0.39 is 6.04 Å². The Kier molecular flexibility index (Phi) is 6.13. The topological polar surface area (TPSA) is 64.3 Å². The summed E-state index contributed by atoms with van der Waals surface area (Å²) in [5, 5.41) is 2.83. The molecular weight excluding hydrogens is 276 g/mol. The summed E-state index contributed by atoms with van der Waals surface area (Å²) in [6, 6.07) is 18.0. The van der Waals surface area contributed by atoms with E-state index in [2.05, 4.69) is 35.6 Å². The van der Waals surface area contributed by atoms with Crippen LogP contribution in [0.3, 0.4) is 0 Å². The zero-order valence-electron chi connectivity index (χ0n) is 12.8. The molecule has 116 valence electrons. The molecule has 2 aromatic carbocycles. The Morgan fingerprint density at radius 1 is 1.14 bits per heavy atom. The molecule has 0 saturated carbocycles. The van der Waals surface area contributed by atoms with Gasteiger partial charge in [0.2, 0.25) is 5.91 Å². The zero-order valence-corrected chi connectivity index (χ0v) is 12.8. The fourth-order valence-electron chi connectivity index (χ4n) is 2.25. The van der Waals surface area contributed by atoms with E-state index >= 15 is 0 Å². The minimum atomic E-state index is -0.611. The van der Waals surface area contributed by atoms with Crippen molar-refractivity contribution in [1.82, 2.24) is 5.32 Å². The molecule has 2 aromatic rings. The number of nitrogens with one attached hydrogen (secondary N) is 1. The summed E-state index contributed by atoms with van der Waals surface area (Å²) in [6.07, 6.45) is 0.770. The van der Waals surface area contributed by atoms with Gasteiger partial charge >= 0.3 is 0 Å². The number of hydrogen-bond donors (Lipinski definition) is 2. The molecule has 0 spiro atoms. The van der Waals surface area contributed by atoms with Gasteiger partial charge in [0, 0.05) is 13.7 Å². The van der Waals surface area contributed by atoms with Gasteiger partial charge in [-0.25, -0.2) is 0 Å². The van der Waals surface area contributed by atoms with E-state index in [0.717, 1.165) is 6.42 Å². The summed E-state index contributed by atoms with van der Waals surface area (Å²) in [4.78, 5) is 11.7. The maximum Gasteiger partial charge on any atom is 0.239 e. The second-order valence-corrected chi connectivity index (χ2v) is 5.17. The number of carbonyl (C=O) groups excluding carboxylic acids is 1. The van der Waals surface area contributed by atoms with E-state index in [1.54, 1.807) is 0 Å². The van der Waals surface area contributed by atoms with Crippen molar-refractivity contribution in [3.63, 3.8) is 0 Å². The van der Waals surface area contributed by atoms with Gasteiger partial charge in [0.15, 0.2) is 0 Å².